The highest BCUT2D eigenvalue weighted by Gasteiger charge is 1.98. The van der Waals surface area contributed by atoms with Gasteiger partial charge >= 0.3 is 0 Å². The number of ether oxygens (including phenoxy) is 1. The Morgan fingerprint density at radius 2 is 1.78 bits per heavy atom. The normalized spacial score (nSPS) is 10.6. The third-order valence-corrected chi connectivity index (χ3v) is 2.97. The Hall–Kier alpha value is -1.15. The van der Waals surface area contributed by atoms with Crippen molar-refractivity contribution >= 4 is 5.78 Å². The van der Waals surface area contributed by atoms with Crippen LogP contribution >= 0.6 is 0 Å². The summed E-state index contributed by atoms with van der Waals surface area (Å²) >= 11 is 0. The first kappa shape index (κ1) is 14.9. The first-order valence-electron chi connectivity index (χ1n) is 6.93. The lowest BCUT2D eigenvalue weighted by molar-refractivity contribution is -0.119. The van der Waals surface area contributed by atoms with E-state index in [4.69, 9.17) is 4.74 Å². The van der Waals surface area contributed by atoms with Gasteiger partial charge in [-0.2, -0.15) is 0 Å². The molecule has 0 saturated heterocycles. The zero-order valence-electron chi connectivity index (χ0n) is 11.6. The molecule has 0 heterocycles. The van der Waals surface area contributed by atoms with E-state index in [1.54, 1.807) is 0 Å². The Morgan fingerprint density at radius 1 is 1.11 bits per heavy atom. The van der Waals surface area contributed by atoms with Crippen LogP contribution in [0, 0.1) is 0 Å². The van der Waals surface area contributed by atoms with Crippen LogP contribution in [0.4, 0.5) is 0 Å². The van der Waals surface area contributed by atoms with E-state index in [2.05, 4.69) is 31.2 Å². The average Bonchev–Trinajstić information content (AvgIpc) is 2.40. The molecule has 0 amide bonds. The van der Waals surface area contributed by atoms with E-state index in [9.17, 15) is 4.79 Å². The summed E-state index contributed by atoms with van der Waals surface area (Å²) in [7, 11) is 0. The van der Waals surface area contributed by atoms with Crippen LogP contribution in [0.15, 0.2) is 24.3 Å². The second-order valence-corrected chi connectivity index (χ2v) is 4.61. The lowest BCUT2D eigenvalue weighted by Crippen LogP contribution is -2.00. The van der Waals surface area contributed by atoms with Gasteiger partial charge in [-0.05, 0) is 24.0 Å². The molecule has 0 unspecified atom stereocenters. The van der Waals surface area contributed by atoms with Crippen molar-refractivity contribution in [2.24, 2.45) is 0 Å². The van der Waals surface area contributed by atoms with Gasteiger partial charge in [0.25, 0.3) is 0 Å². The highest BCUT2D eigenvalue weighted by molar-refractivity contribution is 5.77. The van der Waals surface area contributed by atoms with Crippen molar-refractivity contribution in [3.05, 3.63) is 35.4 Å². The van der Waals surface area contributed by atoms with Gasteiger partial charge in [0.15, 0.2) is 0 Å². The summed E-state index contributed by atoms with van der Waals surface area (Å²) in [6.45, 7) is 5.41. The molecule has 18 heavy (non-hydrogen) atoms. The topological polar surface area (TPSA) is 26.3 Å². The van der Waals surface area contributed by atoms with Crippen molar-refractivity contribution < 1.29 is 9.53 Å². The Morgan fingerprint density at radius 3 is 2.39 bits per heavy atom. The molecule has 1 aromatic rings. The molecule has 0 aliphatic rings. The molecule has 0 aliphatic heterocycles. The fourth-order valence-corrected chi connectivity index (χ4v) is 1.83. The smallest absolute Gasteiger partial charge is 0.132 e. The van der Waals surface area contributed by atoms with Crippen molar-refractivity contribution in [3.8, 4) is 0 Å². The summed E-state index contributed by atoms with van der Waals surface area (Å²) in [4.78, 5) is 11.1. The molecule has 0 aliphatic carbocycles. The minimum Gasteiger partial charge on any atom is -0.377 e. The molecule has 100 valence electrons. The minimum absolute atomic E-state index is 0.322. The molecule has 0 spiro atoms. The summed E-state index contributed by atoms with van der Waals surface area (Å²) in [6.07, 6.45) is 4.44. The standard InChI is InChI=1S/C16H24O2/c1-3-6-14-8-10-15(11-9-14)13-18-12-5-7-16(17)4-2/h8-11H,3-7,12-13H2,1-2H3. The van der Waals surface area contributed by atoms with E-state index in [1.165, 1.54) is 17.5 Å². The van der Waals surface area contributed by atoms with Gasteiger partial charge in [0.05, 0.1) is 6.61 Å². The summed E-state index contributed by atoms with van der Waals surface area (Å²) < 4.78 is 5.56. The number of carbonyl (C=O) groups excluding carboxylic acids is 1. The monoisotopic (exact) mass is 248 g/mol. The molecular weight excluding hydrogens is 224 g/mol. The molecule has 2 nitrogen and oxygen atoms in total. The molecule has 0 atom stereocenters. The van der Waals surface area contributed by atoms with E-state index in [-0.39, 0.29) is 0 Å². The molecule has 2 heteroatoms. The van der Waals surface area contributed by atoms with Crippen molar-refractivity contribution in [1.29, 1.82) is 0 Å². The quantitative estimate of drug-likeness (QED) is 0.619. The molecule has 0 saturated carbocycles. The Bertz CT molecular complexity index is 341. The lowest BCUT2D eigenvalue weighted by Gasteiger charge is -2.05. The highest BCUT2D eigenvalue weighted by Crippen LogP contribution is 2.08. The Balaban J connectivity index is 2.17. The third kappa shape index (κ3) is 5.97. The SMILES string of the molecule is CCCc1ccc(COCCCC(=O)CC)cc1. The molecule has 1 aromatic carbocycles. The number of benzene rings is 1. The van der Waals surface area contributed by atoms with E-state index >= 15 is 0 Å². The van der Waals surface area contributed by atoms with Crippen LogP contribution in [0.2, 0.25) is 0 Å². The largest absolute Gasteiger partial charge is 0.377 e. The van der Waals surface area contributed by atoms with E-state index in [0.29, 0.717) is 31.8 Å². The lowest BCUT2D eigenvalue weighted by atomic mass is 10.1. The van der Waals surface area contributed by atoms with Crippen LogP contribution < -0.4 is 0 Å². The molecule has 0 fully saturated rings. The number of ketones is 1. The average molecular weight is 248 g/mol. The van der Waals surface area contributed by atoms with Crippen LogP contribution in [0.25, 0.3) is 0 Å². The van der Waals surface area contributed by atoms with Gasteiger partial charge in [0.1, 0.15) is 5.78 Å². The van der Waals surface area contributed by atoms with Gasteiger partial charge in [0.2, 0.25) is 0 Å². The third-order valence-electron chi connectivity index (χ3n) is 2.97. The zero-order chi connectivity index (χ0) is 13.2. The maximum absolute atomic E-state index is 11.1. The second-order valence-electron chi connectivity index (χ2n) is 4.61. The molecule has 0 radical (unpaired) electrons. The highest BCUT2D eigenvalue weighted by atomic mass is 16.5. The molecule has 1 rings (SSSR count). The minimum atomic E-state index is 0.322. The van der Waals surface area contributed by atoms with Gasteiger partial charge in [0, 0.05) is 19.4 Å². The van der Waals surface area contributed by atoms with Gasteiger partial charge in [-0.25, -0.2) is 0 Å². The zero-order valence-corrected chi connectivity index (χ0v) is 11.6. The van der Waals surface area contributed by atoms with E-state index in [1.807, 2.05) is 6.92 Å². The van der Waals surface area contributed by atoms with Crippen molar-refractivity contribution in [3.63, 3.8) is 0 Å². The summed E-state index contributed by atoms with van der Waals surface area (Å²) in [5, 5.41) is 0. The van der Waals surface area contributed by atoms with Gasteiger partial charge in [-0.1, -0.05) is 44.5 Å². The van der Waals surface area contributed by atoms with Crippen LogP contribution in [0.3, 0.4) is 0 Å². The Kier molecular flexibility index (Phi) is 7.35. The molecule has 0 aromatic heterocycles. The van der Waals surface area contributed by atoms with Crippen LogP contribution in [-0.4, -0.2) is 12.4 Å². The van der Waals surface area contributed by atoms with Crippen molar-refractivity contribution in [1.82, 2.24) is 0 Å². The fourth-order valence-electron chi connectivity index (χ4n) is 1.83. The van der Waals surface area contributed by atoms with Crippen LogP contribution in [-0.2, 0) is 22.6 Å². The Labute approximate surface area is 110 Å². The first-order valence-corrected chi connectivity index (χ1v) is 6.93. The predicted molar refractivity (Wildman–Crippen MR) is 74.6 cm³/mol. The number of hydrogen-bond acceptors (Lipinski definition) is 2. The summed E-state index contributed by atoms with van der Waals surface area (Å²) in [5.74, 6) is 0.322. The van der Waals surface area contributed by atoms with Crippen molar-refractivity contribution in [2.45, 2.75) is 52.6 Å². The number of hydrogen-bond donors (Lipinski definition) is 0. The first-order chi connectivity index (χ1) is 8.76. The van der Waals surface area contributed by atoms with Crippen LogP contribution in [0.1, 0.15) is 50.7 Å². The molecular formula is C16H24O2. The number of rotatable bonds is 9. The summed E-state index contributed by atoms with van der Waals surface area (Å²) in [5.41, 5.74) is 2.59. The molecule has 0 bridgehead atoms. The van der Waals surface area contributed by atoms with Gasteiger partial charge in [-0.3, -0.25) is 4.79 Å². The fraction of sp³-hybridized carbons (Fsp3) is 0.562. The number of carbonyl (C=O) groups is 1. The maximum Gasteiger partial charge on any atom is 0.132 e. The maximum atomic E-state index is 11.1. The number of aryl methyl sites for hydroxylation is 1. The van der Waals surface area contributed by atoms with Gasteiger partial charge in [-0.15, -0.1) is 0 Å². The van der Waals surface area contributed by atoms with Gasteiger partial charge < -0.3 is 4.74 Å². The number of Topliss-reactive ketones (excluding diaryl/α,β-unsaturated/α-hetero) is 1. The van der Waals surface area contributed by atoms with E-state index in [0.717, 1.165) is 12.8 Å². The van der Waals surface area contributed by atoms with Crippen LogP contribution in [0.5, 0.6) is 0 Å². The predicted octanol–water partition coefficient (Wildman–Crippen LogP) is 3.92. The molecule has 0 N–H and O–H groups in total. The summed E-state index contributed by atoms with van der Waals surface area (Å²) in [6, 6.07) is 8.59. The van der Waals surface area contributed by atoms with E-state index < -0.39 is 0 Å². The second kappa shape index (κ2) is 8.87. The van der Waals surface area contributed by atoms with Crippen molar-refractivity contribution in [2.75, 3.05) is 6.61 Å².